The highest BCUT2D eigenvalue weighted by Crippen LogP contribution is 2.22. The molecule has 0 aliphatic rings. The van der Waals surface area contributed by atoms with Gasteiger partial charge in [-0.15, -0.1) is 0 Å². The van der Waals surface area contributed by atoms with Crippen molar-refractivity contribution in [1.82, 2.24) is 20.1 Å². The number of halogens is 1. The van der Waals surface area contributed by atoms with Crippen LogP contribution in [0.5, 0.6) is 0 Å². The average Bonchev–Trinajstić information content (AvgIpc) is 2.75. The fourth-order valence-electron chi connectivity index (χ4n) is 1.12. The van der Waals surface area contributed by atoms with Gasteiger partial charge in [0, 0.05) is 19.7 Å². The molecular weight excluding hydrogens is 232 g/mol. The standard InChI is InChI=1S/C9H9ClN4O2/c1-15-3-2-7-13-9(16-14-7)6-4-11-5-12-8(6)10/h4-5H,2-3H2,1H3. The molecule has 0 N–H and O–H groups in total. The average molecular weight is 241 g/mol. The van der Waals surface area contributed by atoms with Gasteiger partial charge in [0.05, 0.1) is 12.2 Å². The molecule has 0 saturated carbocycles. The molecule has 0 fully saturated rings. The van der Waals surface area contributed by atoms with E-state index in [1.54, 1.807) is 7.11 Å². The van der Waals surface area contributed by atoms with Gasteiger partial charge in [0.25, 0.3) is 5.89 Å². The quantitative estimate of drug-likeness (QED) is 0.752. The number of rotatable bonds is 4. The lowest BCUT2D eigenvalue weighted by molar-refractivity contribution is 0.199. The number of hydrogen-bond donors (Lipinski definition) is 0. The predicted molar refractivity (Wildman–Crippen MR) is 55.9 cm³/mol. The smallest absolute Gasteiger partial charge is 0.262 e. The fraction of sp³-hybridized carbons (Fsp3) is 0.333. The highest BCUT2D eigenvalue weighted by Gasteiger charge is 2.12. The maximum atomic E-state index is 5.87. The van der Waals surface area contributed by atoms with Gasteiger partial charge in [-0.3, -0.25) is 0 Å². The van der Waals surface area contributed by atoms with Crippen LogP contribution < -0.4 is 0 Å². The van der Waals surface area contributed by atoms with E-state index in [1.165, 1.54) is 12.5 Å². The number of hydrogen-bond acceptors (Lipinski definition) is 6. The summed E-state index contributed by atoms with van der Waals surface area (Å²) in [5.41, 5.74) is 0.528. The zero-order chi connectivity index (χ0) is 11.4. The van der Waals surface area contributed by atoms with E-state index in [1.807, 2.05) is 0 Å². The van der Waals surface area contributed by atoms with Crippen molar-refractivity contribution in [2.75, 3.05) is 13.7 Å². The minimum Gasteiger partial charge on any atom is -0.384 e. The molecule has 0 aromatic carbocycles. The van der Waals surface area contributed by atoms with Crippen LogP contribution in [0.2, 0.25) is 5.15 Å². The van der Waals surface area contributed by atoms with E-state index in [2.05, 4.69) is 20.1 Å². The summed E-state index contributed by atoms with van der Waals surface area (Å²) < 4.78 is 9.96. The lowest BCUT2D eigenvalue weighted by Crippen LogP contribution is -1.96. The molecule has 2 aromatic heterocycles. The molecule has 0 amide bonds. The Morgan fingerprint density at radius 3 is 3.12 bits per heavy atom. The summed E-state index contributed by atoms with van der Waals surface area (Å²) in [4.78, 5) is 11.8. The molecule has 6 nitrogen and oxygen atoms in total. The van der Waals surface area contributed by atoms with Crippen LogP contribution in [0.1, 0.15) is 5.82 Å². The number of methoxy groups -OCH3 is 1. The third kappa shape index (κ3) is 2.34. The first kappa shape index (κ1) is 11.0. The molecule has 0 radical (unpaired) electrons. The maximum Gasteiger partial charge on any atom is 0.262 e. The minimum atomic E-state index is 0.289. The SMILES string of the molecule is COCCc1noc(-c2cncnc2Cl)n1. The second-order valence-electron chi connectivity index (χ2n) is 2.99. The van der Waals surface area contributed by atoms with Crippen LogP contribution >= 0.6 is 11.6 Å². The summed E-state index contributed by atoms with van der Waals surface area (Å²) in [5, 5.41) is 4.08. The van der Waals surface area contributed by atoms with Gasteiger partial charge in [0.15, 0.2) is 5.82 Å². The van der Waals surface area contributed by atoms with Crippen molar-refractivity contribution < 1.29 is 9.26 Å². The molecule has 0 atom stereocenters. The first-order valence-electron chi connectivity index (χ1n) is 4.58. The van der Waals surface area contributed by atoms with E-state index in [0.29, 0.717) is 30.3 Å². The largest absolute Gasteiger partial charge is 0.384 e. The van der Waals surface area contributed by atoms with Gasteiger partial charge in [-0.05, 0) is 0 Å². The third-order valence-corrected chi connectivity index (χ3v) is 2.19. The van der Waals surface area contributed by atoms with Crippen LogP contribution in [0, 0.1) is 0 Å². The van der Waals surface area contributed by atoms with Crippen LogP contribution in [0.25, 0.3) is 11.5 Å². The van der Waals surface area contributed by atoms with E-state index < -0.39 is 0 Å². The zero-order valence-corrected chi connectivity index (χ0v) is 9.31. The Labute approximate surface area is 96.6 Å². The second-order valence-corrected chi connectivity index (χ2v) is 3.34. The maximum absolute atomic E-state index is 5.87. The Morgan fingerprint density at radius 2 is 2.38 bits per heavy atom. The molecule has 16 heavy (non-hydrogen) atoms. The molecule has 0 saturated heterocycles. The summed E-state index contributed by atoms with van der Waals surface area (Å²) in [6.45, 7) is 0.540. The van der Waals surface area contributed by atoms with Crippen LogP contribution in [0.3, 0.4) is 0 Å². The Bertz CT molecular complexity index is 474. The van der Waals surface area contributed by atoms with Crippen molar-refractivity contribution in [3.05, 3.63) is 23.5 Å². The Kier molecular flexibility index (Phi) is 3.43. The van der Waals surface area contributed by atoms with Crippen molar-refractivity contribution in [3.63, 3.8) is 0 Å². The van der Waals surface area contributed by atoms with Crippen molar-refractivity contribution in [2.45, 2.75) is 6.42 Å². The van der Waals surface area contributed by atoms with Gasteiger partial charge in [0.2, 0.25) is 0 Å². The van der Waals surface area contributed by atoms with E-state index in [0.717, 1.165) is 0 Å². The van der Waals surface area contributed by atoms with Crippen molar-refractivity contribution in [2.24, 2.45) is 0 Å². The van der Waals surface area contributed by atoms with E-state index in [9.17, 15) is 0 Å². The zero-order valence-electron chi connectivity index (χ0n) is 8.55. The van der Waals surface area contributed by atoms with Gasteiger partial charge >= 0.3 is 0 Å². The van der Waals surface area contributed by atoms with Gasteiger partial charge in [0.1, 0.15) is 11.5 Å². The Hall–Kier alpha value is -1.53. The summed E-state index contributed by atoms with van der Waals surface area (Å²) >= 11 is 5.87. The van der Waals surface area contributed by atoms with E-state index in [4.69, 9.17) is 20.9 Å². The first-order valence-corrected chi connectivity index (χ1v) is 4.96. The van der Waals surface area contributed by atoms with E-state index >= 15 is 0 Å². The molecule has 0 bridgehead atoms. The Balaban J connectivity index is 2.22. The molecule has 84 valence electrons. The second kappa shape index (κ2) is 5.00. The van der Waals surface area contributed by atoms with Crippen molar-refractivity contribution in [1.29, 1.82) is 0 Å². The molecule has 0 aliphatic heterocycles. The van der Waals surface area contributed by atoms with Gasteiger partial charge in [-0.2, -0.15) is 4.98 Å². The van der Waals surface area contributed by atoms with Crippen molar-refractivity contribution in [3.8, 4) is 11.5 Å². The Morgan fingerprint density at radius 1 is 1.50 bits per heavy atom. The van der Waals surface area contributed by atoms with Crippen molar-refractivity contribution >= 4 is 11.6 Å². The molecule has 0 spiro atoms. The monoisotopic (exact) mass is 240 g/mol. The molecule has 0 unspecified atom stereocenters. The van der Waals surface area contributed by atoms with Gasteiger partial charge < -0.3 is 9.26 Å². The predicted octanol–water partition coefficient (Wildman–Crippen LogP) is 1.37. The fourth-order valence-corrected chi connectivity index (χ4v) is 1.29. The highest BCUT2D eigenvalue weighted by atomic mass is 35.5. The summed E-state index contributed by atoms with van der Waals surface area (Å²) in [5.74, 6) is 0.883. The number of ether oxygens (including phenoxy) is 1. The first-order chi connectivity index (χ1) is 7.81. The normalized spacial score (nSPS) is 10.6. The molecule has 2 heterocycles. The molecular formula is C9H9ClN4O2. The molecule has 2 aromatic rings. The lowest BCUT2D eigenvalue weighted by Gasteiger charge is -1.94. The van der Waals surface area contributed by atoms with Crippen LogP contribution in [-0.4, -0.2) is 33.8 Å². The summed E-state index contributed by atoms with van der Waals surface area (Å²) in [6, 6.07) is 0. The minimum absolute atomic E-state index is 0.289. The number of nitrogens with zero attached hydrogens (tertiary/aromatic N) is 4. The van der Waals surface area contributed by atoms with Crippen LogP contribution in [0.15, 0.2) is 17.0 Å². The molecule has 7 heteroatoms. The summed E-state index contributed by atoms with van der Waals surface area (Å²) in [6.07, 6.45) is 3.47. The molecule has 0 aliphatic carbocycles. The highest BCUT2D eigenvalue weighted by molar-refractivity contribution is 6.31. The molecule has 2 rings (SSSR count). The third-order valence-electron chi connectivity index (χ3n) is 1.89. The van der Waals surface area contributed by atoms with Gasteiger partial charge in [-0.25, -0.2) is 9.97 Å². The van der Waals surface area contributed by atoms with E-state index in [-0.39, 0.29) is 5.15 Å². The topological polar surface area (TPSA) is 73.9 Å². The number of aromatic nitrogens is 4. The van der Waals surface area contributed by atoms with Gasteiger partial charge in [-0.1, -0.05) is 16.8 Å². The lowest BCUT2D eigenvalue weighted by atomic mass is 10.3. The van der Waals surface area contributed by atoms with Crippen LogP contribution in [-0.2, 0) is 11.2 Å². The van der Waals surface area contributed by atoms with Crippen LogP contribution in [0.4, 0.5) is 0 Å². The summed E-state index contributed by atoms with van der Waals surface area (Å²) in [7, 11) is 1.61.